The fourth-order valence-electron chi connectivity index (χ4n) is 1.78. The van der Waals surface area contributed by atoms with Crippen LogP contribution >= 0.6 is 0 Å². The normalized spacial score (nSPS) is 10.4. The number of rotatable bonds is 4. The molecular formula is C14H11F3N2O2. The van der Waals surface area contributed by atoms with Crippen LogP contribution in [0.2, 0.25) is 0 Å². The summed E-state index contributed by atoms with van der Waals surface area (Å²) in [5.74, 6) is -3.64. The Bertz CT molecular complexity index is 705. The number of halogens is 3. The van der Waals surface area contributed by atoms with Gasteiger partial charge in [0.2, 0.25) is 0 Å². The van der Waals surface area contributed by atoms with Crippen molar-refractivity contribution in [3.8, 4) is 0 Å². The van der Waals surface area contributed by atoms with Crippen LogP contribution in [0.5, 0.6) is 0 Å². The second kappa shape index (κ2) is 5.74. The fourth-order valence-corrected chi connectivity index (χ4v) is 1.78. The molecule has 0 unspecified atom stereocenters. The van der Waals surface area contributed by atoms with Crippen molar-refractivity contribution in [3.05, 3.63) is 58.9 Å². The molecule has 0 aliphatic carbocycles. The quantitative estimate of drug-likeness (QED) is 0.758. The summed E-state index contributed by atoms with van der Waals surface area (Å²) in [7, 11) is 0. The second-order valence-electron chi connectivity index (χ2n) is 4.31. The molecule has 110 valence electrons. The molecule has 0 atom stereocenters. The molecule has 0 aliphatic rings. The van der Waals surface area contributed by atoms with Crippen LogP contribution in [0.15, 0.2) is 30.3 Å². The topological polar surface area (TPSA) is 75.4 Å². The van der Waals surface area contributed by atoms with Crippen molar-refractivity contribution in [2.75, 3.05) is 11.1 Å². The van der Waals surface area contributed by atoms with E-state index in [1.54, 1.807) is 0 Å². The van der Waals surface area contributed by atoms with Crippen LogP contribution in [0.3, 0.4) is 0 Å². The number of nitrogens with two attached hydrogens (primary N) is 1. The molecule has 0 spiro atoms. The van der Waals surface area contributed by atoms with Gasteiger partial charge in [-0.2, -0.15) is 0 Å². The molecule has 0 saturated heterocycles. The van der Waals surface area contributed by atoms with Gasteiger partial charge >= 0.3 is 5.97 Å². The lowest BCUT2D eigenvalue weighted by molar-refractivity contribution is 0.0692. The Morgan fingerprint density at radius 2 is 1.86 bits per heavy atom. The third-order valence-corrected chi connectivity index (χ3v) is 2.85. The van der Waals surface area contributed by atoms with Crippen LogP contribution in [0, 0.1) is 17.5 Å². The molecule has 0 bridgehead atoms. The summed E-state index contributed by atoms with van der Waals surface area (Å²) in [6.07, 6.45) is 0. The summed E-state index contributed by atoms with van der Waals surface area (Å²) in [5.41, 5.74) is 5.17. The van der Waals surface area contributed by atoms with Crippen LogP contribution in [-0.2, 0) is 6.54 Å². The number of carbonyl (C=O) groups is 1. The first-order chi connectivity index (χ1) is 9.88. The van der Waals surface area contributed by atoms with Crippen LogP contribution in [0.1, 0.15) is 15.9 Å². The van der Waals surface area contributed by atoms with E-state index in [0.717, 1.165) is 30.3 Å². The molecule has 7 heteroatoms. The van der Waals surface area contributed by atoms with E-state index in [9.17, 15) is 18.0 Å². The largest absolute Gasteiger partial charge is 0.478 e. The Morgan fingerprint density at radius 1 is 1.14 bits per heavy atom. The predicted molar refractivity (Wildman–Crippen MR) is 71.5 cm³/mol. The lowest BCUT2D eigenvalue weighted by Crippen LogP contribution is -2.08. The summed E-state index contributed by atoms with van der Waals surface area (Å²) >= 11 is 0. The summed E-state index contributed by atoms with van der Waals surface area (Å²) < 4.78 is 40.0. The highest BCUT2D eigenvalue weighted by Crippen LogP contribution is 2.24. The standard InChI is InChI=1S/C14H11F3N2O2/c15-8-1-2-10(16)7(3-8)6-19-13-5-11(17)9(14(20)21)4-12(13)18/h1-5,19H,6,18H2,(H,20,21). The zero-order valence-electron chi connectivity index (χ0n) is 10.7. The number of carboxylic acid groups (broad SMARTS) is 1. The number of benzene rings is 2. The minimum atomic E-state index is -1.44. The Hall–Kier alpha value is -2.70. The number of aromatic carboxylic acids is 1. The van der Waals surface area contributed by atoms with E-state index in [1.807, 2.05) is 0 Å². The van der Waals surface area contributed by atoms with E-state index in [4.69, 9.17) is 10.8 Å². The number of hydrogen-bond acceptors (Lipinski definition) is 3. The first-order valence-electron chi connectivity index (χ1n) is 5.88. The van der Waals surface area contributed by atoms with Gasteiger partial charge in [-0.15, -0.1) is 0 Å². The average molecular weight is 296 g/mol. The number of carboxylic acids is 1. The van der Waals surface area contributed by atoms with Gasteiger partial charge in [0.25, 0.3) is 0 Å². The lowest BCUT2D eigenvalue weighted by atomic mass is 10.1. The van der Waals surface area contributed by atoms with Gasteiger partial charge < -0.3 is 16.2 Å². The molecule has 0 fully saturated rings. The van der Waals surface area contributed by atoms with Gasteiger partial charge in [-0.05, 0) is 30.3 Å². The third kappa shape index (κ3) is 3.25. The van der Waals surface area contributed by atoms with Crippen molar-refractivity contribution >= 4 is 17.3 Å². The van der Waals surface area contributed by atoms with Crippen LogP contribution in [0.25, 0.3) is 0 Å². The van der Waals surface area contributed by atoms with Crippen molar-refractivity contribution < 1.29 is 23.1 Å². The zero-order chi connectivity index (χ0) is 15.6. The van der Waals surface area contributed by atoms with Crippen molar-refractivity contribution in [1.82, 2.24) is 0 Å². The number of anilines is 2. The van der Waals surface area contributed by atoms with E-state index in [0.29, 0.717) is 0 Å². The van der Waals surface area contributed by atoms with Crippen LogP contribution in [-0.4, -0.2) is 11.1 Å². The monoisotopic (exact) mass is 296 g/mol. The van der Waals surface area contributed by atoms with Gasteiger partial charge in [-0.3, -0.25) is 0 Å². The molecule has 0 aliphatic heterocycles. The Labute approximate surface area is 118 Å². The van der Waals surface area contributed by atoms with E-state index in [-0.39, 0.29) is 23.5 Å². The molecule has 0 saturated carbocycles. The third-order valence-electron chi connectivity index (χ3n) is 2.85. The second-order valence-corrected chi connectivity index (χ2v) is 4.31. The summed E-state index contributed by atoms with van der Waals surface area (Å²) in [4.78, 5) is 10.7. The van der Waals surface area contributed by atoms with Crippen molar-refractivity contribution in [2.24, 2.45) is 0 Å². The smallest absolute Gasteiger partial charge is 0.338 e. The summed E-state index contributed by atoms with van der Waals surface area (Å²) in [5, 5.41) is 11.4. The van der Waals surface area contributed by atoms with Gasteiger partial charge in [-0.25, -0.2) is 18.0 Å². The lowest BCUT2D eigenvalue weighted by Gasteiger charge is -2.11. The molecule has 0 aromatic heterocycles. The molecule has 0 heterocycles. The highest BCUT2D eigenvalue weighted by atomic mass is 19.1. The molecular weight excluding hydrogens is 285 g/mol. The minimum Gasteiger partial charge on any atom is -0.478 e. The number of nitrogen functional groups attached to an aromatic ring is 1. The molecule has 21 heavy (non-hydrogen) atoms. The highest BCUT2D eigenvalue weighted by Gasteiger charge is 2.14. The predicted octanol–water partition coefficient (Wildman–Crippen LogP) is 3.00. The van der Waals surface area contributed by atoms with Crippen LogP contribution < -0.4 is 11.1 Å². The van der Waals surface area contributed by atoms with Gasteiger partial charge in [0, 0.05) is 12.1 Å². The van der Waals surface area contributed by atoms with E-state index >= 15 is 0 Å². The van der Waals surface area contributed by atoms with Crippen molar-refractivity contribution in [2.45, 2.75) is 6.54 Å². The van der Waals surface area contributed by atoms with E-state index in [2.05, 4.69) is 5.32 Å². The Kier molecular flexibility index (Phi) is 4.02. The first-order valence-corrected chi connectivity index (χ1v) is 5.88. The molecule has 2 aromatic rings. The van der Waals surface area contributed by atoms with Gasteiger partial charge in [0.1, 0.15) is 17.5 Å². The van der Waals surface area contributed by atoms with Crippen molar-refractivity contribution in [1.29, 1.82) is 0 Å². The average Bonchev–Trinajstić information content (AvgIpc) is 2.42. The van der Waals surface area contributed by atoms with E-state index in [1.165, 1.54) is 0 Å². The fraction of sp³-hybridized carbons (Fsp3) is 0.0714. The molecule has 4 nitrogen and oxygen atoms in total. The molecule has 0 amide bonds. The highest BCUT2D eigenvalue weighted by molar-refractivity contribution is 5.90. The Morgan fingerprint density at radius 3 is 2.52 bits per heavy atom. The number of hydrogen-bond donors (Lipinski definition) is 3. The number of nitrogens with one attached hydrogen (secondary N) is 1. The molecule has 2 rings (SSSR count). The SMILES string of the molecule is Nc1cc(C(=O)O)c(F)cc1NCc1cc(F)ccc1F. The summed E-state index contributed by atoms with van der Waals surface area (Å²) in [6.45, 7) is -0.125. The Balaban J connectivity index is 2.22. The van der Waals surface area contributed by atoms with Gasteiger partial charge in [-0.1, -0.05) is 0 Å². The van der Waals surface area contributed by atoms with Gasteiger partial charge in [0.05, 0.1) is 16.9 Å². The van der Waals surface area contributed by atoms with Crippen molar-refractivity contribution in [3.63, 3.8) is 0 Å². The molecule has 4 N–H and O–H groups in total. The van der Waals surface area contributed by atoms with E-state index < -0.39 is 29.0 Å². The minimum absolute atomic E-state index is 0.00869. The summed E-state index contributed by atoms with van der Waals surface area (Å²) in [6, 6.07) is 4.82. The maximum Gasteiger partial charge on any atom is 0.338 e. The molecule has 0 radical (unpaired) electrons. The maximum atomic E-state index is 13.5. The maximum absolute atomic E-state index is 13.5. The first kappa shape index (κ1) is 14.7. The van der Waals surface area contributed by atoms with Gasteiger partial charge in [0.15, 0.2) is 0 Å². The van der Waals surface area contributed by atoms with Crippen LogP contribution in [0.4, 0.5) is 24.5 Å². The molecule has 2 aromatic carbocycles. The zero-order valence-corrected chi connectivity index (χ0v) is 10.7.